The number of ether oxygens (including phenoxy) is 1. The Hall–Kier alpha value is -2.33. The van der Waals surface area contributed by atoms with E-state index >= 15 is 0 Å². The lowest BCUT2D eigenvalue weighted by Crippen LogP contribution is -2.49. The highest BCUT2D eigenvalue weighted by Gasteiger charge is 2.43. The third-order valence-corrected chi connectivity index (χ3v) is 5.11. The first-order valence-corrected chi connectivity index (χ1v) is 8.73. The van der Waals surface area contributed by atoms with Gasteiger partial charge in [-0.1, -0.05) is 48.6 Å². The maximum Gasteiger partial charge on any atom is 0.233 e. The van der Waals surface area contributed by atoms with Crippen LogP contribution >= 0.6 is 0 Å². The van der Waals surface area contributed by atoms with E-state index in [0.717, 1.165) is 24.2 Å². The van der Waals surface area contributed by atoms with Gasteiger partial charge in [0.2, 0.25) is 5.91 Å². The van der Waals surface area contributed by atoms with Crippen LogP contribution in [0.3, 0.4) is 0 Å². The zero-order chi connectivity index (χ0) is 17.9. The molecule has 1 aliphatic heterocycles. The van der Waals surface area contributed by atoms with Crippen molar-refractivity contribution in [3.8, 4) is 5.75 Å². The Labute approximate surface area is 149 Å². The largest absolute Gasteiger partial charge is 0.497 e. The molecule has 0 aromatic heterocycles. The molecule has 1 N–H and O–H groups in total. The van der Waals surface area contributed by atoms with E-state index in [9.17, 15) is 9.90 Å². The molecule has 2 unspecified atom stereocenters. The van der Waals surface area contributed by atoms with Gasteiger partial charge in [0.1, 0.15) is 11.4 Å². The predicted molar refractivity (Wildman–Crippen MR) is 98.2 cm³/mol. The molecule has 1 saturated heterocycles. The van der Waals surface area contributed by atoms with Crippen LogP contribution in [0.15, 0.2) is 60.7 Å². The van der Waals surface area contributed by atoms with Gasteiger partial charge in [0.15, 0.2) is 0 Å². The van der Waals surface area contributed by atoms with E-state index in [1.165, 1.54) is 0 Å². The molecule has 25 heavy (non-hydrogen) atoms. The maximum absolute atomic E-state index is 13.0. The molecule has 2 aliphatic rings. The highest BCUT2D eigenvalue weighted by atomic mass is 16.5. The van der Waals surface area contributed by atoms with Gasteiger partial charge in [-0.2, -0.15) is 0 Å². The van der Waals surface area contributed by atoms with Crippen molar-refractivity contribution in [2.75, 3.05) is 13.7 Å². The van der Waals surface area contributed by atoms with Crippen LogP contribution in [0.25, 0.3) is 0 Å². The van der Waals surface area contributed by atoms with Crippen LogP contribution < -0.4 is 4.74 Å². The molecule has 1 heterocycles. The molecule has 0 spiro atoms. The summed E-state index contributed by atoms with van der Waals surface area (Å²) in [6.07, 6.45) is 13.1. The van der Waals surface area contributed by atoms with Crippen molar-refractivity contribution < 1.29 is 14.6 Å². The highest BCUT2D eigenvalue weighted by Crippen LogP contribution is 2.36. The molecule has 0 saturated carbocycles. The highest BCUT2D eigenvalue weighted by molar-refractivity contribution is 5.83. The van der Waals surface area contributed by atoms with Crippen LogP contribution in [-0.4, -0.2) is 35.6 Å². The molecule has 1 fully saturated rings. The molecule has 2 atom stereocenters. The van der Waals surface area contributed by atoms with Gasteiger partial charge in [0.25, 0.3) is 0 Å². The lowest BCUT2D eigenvalue weighted by molar-refractivity contribution is -0.139. The Morgan fingerprint density at radius 3 is 2.40 bits per heavy atom. The quantitative estimate of drug-likeness (QED) is 0.916. The molecule has 1 aliphatic carbocycles. The number of hydrogen-bond donors (Lipinski definition) is 1. The minimum atomic E-state index is -1.10. The van der Waals surface area contributed by atoms with Crippen molar-refractivity contribution in [2.24, 2.45) is 5.92 Å². The van der Waals surface area contributed by atoms with Gasteiger partial charge in [0, 0.05) is 6.54 Å². The second-order valence-corrected chi connectivity index (χ2v) is 6.75. The number of hydrogen-bond acceptors (Lipinski definition) is 3. The Morgan fingerprint density at radius 2 is 1.80 bits per heavy atom. The number of amides is 1. The summed E-state index contributed by atoms with van der Waals surface area (Å²) >= 11 is 0. The third kappa shape index (κ3) is 3.54. The van der Waals surface area contributed by atoms with E-state index in [0.29, 0.717) is 6.54 Å². The summed E-state index contributed by atoms with van der Waals surface area (Å²) in [5, 5.41) is 11.2. The summed E-state index contributed by atoms with van der Waals surface area (Å²) in [6, 6.07) is 7.19. The zero-order valence-electron chi connectivity index (χ0n) is 14.8. The van der Waals surface area contributed by atoms with E-state index < -0.39 is 5.60 Å². The Morgan fingerprint density at radius 1 is 1.16 bits per heavy atom. The van der Waals surface area contributed by atoms with Crippen LogP contribution in [0.5, 0.6) is 5.75 Å². The lowest BCUT2D eigenvalue weighted by Gasteiger charge is -2.37. The first-order chi connectivity index (χ1) is 12.0. The van der Waals surface area contributed by atoms with Crippen LogP contribution in [-0.2, 0) is 10.4 Å². The van der Waals surface area contributed by atoms with Crippen LogP contribution in [0, 0.1) is 5.92 Å². The van der Waals surface area contributed by atoms with E-state index in [1.54, 1.807) is 14.0 Å². The molecule has 4 nitrogen and oxygen atoms in total. The second kappa shape index (κ2) is 7.28. The summed E-state index contributed by atoms with van der Waals surface area (Å²) in [6.45, 7) is 2.48. The fourth-order valence-corrected chi connectivity index (χ4v) is 3.65. The summed E-state index contributed by atoms with van der Waals surface area (Å²) in [4.78, 5) is 14.8. The number of carbonyl (C=O) groups is 1. The normalized spacial score (nSPS) is 22.7. The number of likely N-dealkylation sites (tertiary alicyclic amines) is 1. The standard InChI is InChI=1S/C21H25NO3/c1-21(24,17-11-13-18(25-2)14-12-17)19-10-7-15-22(19)20(23)16-8-5-3-4-6-9-16/h3-6,8-9,11-14,16,19,24H,7,10,15H2,1-2H3. The molecule has 3 rings (SSSR count). The molecule has 132 valence electrons. The average Bonchev–Trinajstić information content (AvgIpc) is 2.98. The minimum Gasteiger partial charge on any atom is -0.497 e. The van der Waals surface area contributed by atoms with Crippen molar-refractivity contribution in [2.45, 2.75) is 31.4 Å². The van der Waals surface area contributed by atoms with Crippen molar-refractivity contribution in [1.82, 2.24) is 4.90 Å². The van der Waals surface area contributed by atoms with Crippen molar-refractivity contribution in [3.63, 3.8) is 0 Å². The van der Waals surface area contributed by atoms with Crippen molar-refractivity contribution in [1.29, 1.82) is 0 Å². The zero-order valence-corrected chi connectivity index (χ0v) is 14.8. The third-order valence-electron chi connectivity index (χ3n) is 5.11. The Kier molecular flexibility index (Phi) is 5.09. The number of carbonyl (C=O) groups excluding carboxylic acids is 1. The fraction of sp³-hybridized carbons (Fsp3) is 0.381. The molecule has 0 radical (unpaired) electrons. The molecular weight excluding hydrogens is 314 g/mol. The number of aliphatic hydroxyl groups is 1. The van der Waals surface area contributed by atoms with Gasteiger partial charge in [-0.3, -0.25) is 4.79 Å². The molecule has 1 aromatic carbocycles. The average molecular weight is 339 g/mol. The number of rotatable bonds is 4. The monoisotopic (exact) mass is 339 g/mol. The van der Waals surface area contributed by atoms with E-state index in [2.05, 4.69) is 0 Å². The summed E-state index contributed by atoms with van der Waals surface area (Å²) in [5.74, 6) is 0.523. The van der Waals surface area contributed by atoms with E-state index in [-0.39, 0.29) is 17.9 Å². The van der Waals surface area contributed by atoms with E-state index in [1.807, 2.05) is 65.6 Å². The molecule has 4 heteroatoms. The van der Waals surface area contributed by atoms with Crippen molar-refractivity contribution >= 4 is 5.91 Å². The predicted octanol–water partition coefficient (Wildman–Crippen LogP) is 3.19. The van der Waals surface area contributed by atoms with Crippen LogP contribution in [0.1, 0.15) is 25.3 Å². The first-order valence-electron chi connectivity index (χ1n) is 8.73. The number of allylic oxidation sites excluding steroid dienone is 4. The van der Waals surface area contributed by atoms with Gasteiger partial charge in [0.05, 0.1) is 19.1 Å². The summed E-state index contributed by atoms with van der Waals surface area (Å²) in [5.41, 5.74) is -0.305. The summed E-state index contributed by atoms with van der Waals surface area (Å²) in [7, 11) is 1.62. The van der Waals surface area contributed by atoms with Gasteiger partial charge in [-0.05, 0) is 37.5 Å². The number of benzene rings is 1. The summed E-state index contributed by atoms with van der Waals surface area (Å²) < 4.78 is 5.19. The fourth-order valence-electron chi connectivity index (χ4n) is 3.65. The number of methoxy groups -OCH3 is 1. The molecule has 0 bridgehead atoms. The lowest BCUT2D eigenvalue weighted by atomic mass is 9.86. The smallest absolute Gasteiger partial charge is 0.233 e. The number of nitrogens with zero attached hydrogens (tertiary/aromatic N) is 1. The topological polar surface area (TPSA) is 49.8 Å². The van der Waals surface area contributed by atoms with Crippen LogP contribution in [0.4, 0.5) is 0 Å². The molecular formula is C21H25NO3. The molecule has 1 aromatic rings. The second-order valence-electron chi connectivity index (χ2n) is 6.75. The van der Waals surface area contributed by atoms with Gasteiger partial charge in [-0.25, -0.2) is 0 Å². The van der Waals surface area contributed by atoms with E-state index in [4.69, 9.17) is 4.74 Å². The Bertz CT molecular complexity index is 684. The first kappa shape index (κ1) is 17.5. The molecule has 1 amide bonds. The van der Waals surface area contributed by atoms with Crippen molar-refractivity contribution in [3.05, 3.63) is 66.3 Å². The minimum absolute atomic E-state index is 0.0486. The Balaban J connectivity index is 1.83. The van der Waals surface area contributed by atoms with Gasteiger partial charge < -0.3 is 14.7 Å². The van der Waals surface area contributed by atoms with Gasteiger partial charge in [-0.15, -0.1) is 0 Å². The van der Waals surface area contributed by atoms with Gasteiger partial charge >= 0.3 is 0 Å². The maximum atomic E-state index is 13.0. The van der Waals surface area contributed by atoms with Crippen LogP contribution in [0.2, 0.25) is 0 Å². The SMILES string of the molecule is COc1ccc(C(C)(O)C2CCCN2C(=O)C2C=CC=CC=C2)cc1.